The van der Waals surface area contributed by atoms with Gasteiger partial charge in [-0.2, -0.15) is 13.2 Å². The summed E-state index contributed by atoms with van der Waals surface area (Å²) in [7, 11) is 0. The second-order valence-corrected chi connectivity index (χ2v) is 4.27. The third kappa shape index (κ3) is 4.64. The van der Waals surface area contributed by atoms with Crippen LogP contribution in [0.4, 0.5) is 13.2 Å². The van der Waals surface area contributed by atoms with E-state index in [9.17, 15) is 18.0 Å². The molecule has 17 heavy (non-hydrogen) atoms. The Morgan fingerprint density at radius 2 is 2.24 bits per heavy atom. The van der Waals surface area contributed by atoms with Gasteiger partial charge < -0.3 is 5.32 Å². The Bertz CT molecular complexity index is 395. The molecule has 0 atom stereocenters. The van der Waals surface area contributed by atoms with Crippen molar-refractivity contribution in [3.63, 3.8) is 0 Å². The number of amides is 1. The van der Waals surface area contributed by atoms with Gasteiger partial charge in [0, 0.05) is 25.4 Å². The highest BCUT2D eigenvalue weighted by Gasteiger charge is 2.33. The number of alkyl halides is 3. The zero-order chi connectivity index (χ0) is 12.9. The quantitative estimate of drug-likeness (QED) is 0.670. The number of pyridine rings is 1. The number of aromatic nitrogens is 1. The number of hydrogen-bond acceptors (Lipinski definition) is 3. The number of thioether (sulfide) groups is 1. The molecule has 1 heterocycles. The third-order valence-electron chi connectivity index (χ3n) is 1.79. The minimum atomic E-state index is -4.40. The van der Waals surface area contributed by atoms with E-state index in [1.807, 2.05) is 0 Å². The van der Waals surface area contributed by atoms with E-state index in [1.165, 1.54) is 19.2 Å². The fourth-order valence-electron chi connectivity index (χ4n) is 1.10. The van der Waals surface area contributed by atoms with Crippen LogP contribution in [0.3, 0.4) is 0 Å². The first-order chi connectivity index (χ1) is 7.91. The van der Waals surface area contributed by atoms with Crippen LogP contribution in [0.2, 0.25) is 0 Å². The fraction of sp³-hybridized carbons (Fsp3) is 0.400. The van der Waals surface area contributed by atoms with Crippen LogP contribution < -0.4 is 5.32 Å². The normalized spacial score (nSPS) is 11.3. The first-order valence-corrected chi connectivity index (χ1v) is 5.79. The fourth-order valence-corrected chi connectivity index (χ4v) is 1.97. The van der Waals surface area contributed by atoms with Gasteiger partial charge in [0.25, 0.3) is 0 Å². The lowest BCUT2D eigenvalue weighted by Crippen LogP contribution is -2.22. The predicted molar refractivity (Wildman–Crippen MR) is 58.6 cm³/mol. The van der Waals surface area contributed by atoms with Crippen LogP contribution in [0.25, 0.3) is 0 Å². The topological polar surface area (TPSA) is 42.0 Å². The lowest BCUT2D eigenvalue weighted by molar-refractivity contribution is -0.140. The van der Waals surface area contributed by atoms with Gasteiger partial charge in [0.05, 0.1) is 5.56 Å². The van der Waals surface area contributed by atoms with Crippen LogP contribution in [0.5, 0.6) is 0 Å². The van der Waals surface area contributed by atoms with E-state index in [0.29, 0.717) is 12.3 Å². The van der Waals surface area contributed by atoms with Gasteiger partial charge in [-0.15, -0.1) is 11.8 Å². The molecule has 1 amide bonds. The third-order valence-corrected chi connectivity index (χ3v) is 2.80. The Morgan fingerprint density at radius 1 is 1.53 bits per heavy atom. The van der Waals surface area contributed by atoms with E-state index >= 15 is 0 Å². The molecule has 1 aromatic heterocycles. The summed E-state index contributed by atoms with van der Waals surface area (Å²) in [6.07, 6.45) is -3.08. The van der Waals surface area contributed by atoms with E-state index in [2.05, 4.69) is 10.3 Å². The molecule has 0 unspecified atom stereocenters. The van der Waals surface area contributed by atoms with Gasteiger partial charge >= 0.3 is 6.18 Å². The Kier molecular flexibility index (Phi) is 4.80. The second-order valence-electron chi connectivity index (χ2n) is 3.19. The molecule has 0 aromatic carbocycles. The van der Waals surface area contributed by atoms with Crippen molar-refractivity contribution in [3.05, 3.63) is 23.9 Å². The summed E-state index contributed by atoms with van der Waals surface area (Å²) in [5, 5.41) is 2.44. The monoisotopic (exact) mass is 264 g/mol. The lowest BCUT2D eigenvalue weighted by atomic mass is 10.3. The number of hydrogen-bond donors (Lipinski definition) is 1. The van der Waals surface area contributed by atoms with Crippen molar-refractivity contribution in [2.24, 2.45) is 0 Å². The molecule has 0 radical (unpaired) electrons. The molecule has 0 saturated heterocycles. The SMILES string of the molecule is CC(=O)NCCSc1ncccc1C(F)(F)F. The molecule has 0 spiro atoms. The minimum absolute atomic E-state index is 0.0645. The van der Waals surface area contributed by atoms with Gasteiger partial charge in [-0.05, 0) is 12.1 Å². The molecule has 0 aliphatic carbocycles. The zero-order valence-corrected chi connectivity index (χ0v) is 9.86. The highest BCUT2D eigenvalue weighted by Crippen LogP contribution is 2.34. The summed E-state index contributed by atoms with van der Waals surface area (Å²) >= 11 is 0.970. The van der Waals surface area contributed by atoms with Crippen LogP contribution in [-0.4, -0.2) is 23.2 Å². The van der Waals surface area contributed by atoms with E-state index in [1.54, 1.807) is 0 Å². The Morgan fingerprint density at radius 3 is 2.82 bits per heavy atom. The van der Waals surface area contributed by atoms with E-state index < -0.39 is 11.7 Å². The van der Waals surface area contributed by atoms with Crippen molar-refractivity contribution in [1.29, 1.82) is 0 Å². The molecule has 0 bridgehead atoms. The second kappa shape index (κ2) is 5.90. The summed E-state index contributed by atoms with van der Waals surface area (Å²) < 4.78 is 37.7. The van der Waals surface area contributed by atoms with Crippen molar-refractivity contribution >= 4 is 17.7 Å². The average molecular weight is 264 g/mol. The first kappa shape index (κ1) is 13.8. The number of halogens is 3. The van der Waals surface area contributed by atoms with Crippen LogP contribution >= 0.6 is 11.8 Å². The van der Waals surface area contributed by atoms with E-state index in [0.717, 1.165) is 17.8 Å². The molecule has 1 N–H and O–H groups in total. The standard InChI is InChI=1S/C10H11F3N2OS/c1-7(16)14-5-6-17-9-8(10(11,12)13)3-2-4-15-9/h2-4H,5-6H2,1H3,(H,14,16). The van der Waals surface area contributed by atoms with Gasteiger partial charge in [-0.3, -0.25) is 4.79 Å². The summed E-state index contributed by atoms with van der Waals surface area (Å²) in [5.74, 6) is 0.141. The van der Waals surface area contributed by atoms with E-state index in [4.69, 9.17) is 0 Å². The molecule has 3 nitrogen and oxygen atoms in total. The molecular weight excluding hydrogens is 253 g/mol. The molecule has 0 aliphatic heterocycles. The molecule has 94 valence electrons. The Hall–Kier alpha value is -1.24. The maximum absolute atomic E-state index is 12.6. The first-order valence-electron chi connectivity index (χ1n) is 4.80. The number of nitrogens with zero attached hydrogens (tertiary/aromatic N) is 1. The Labute approximate surface area is 101 Å². The Balaban J connectivity index is 2.62. The smallest absolute Gasteiger partial charge is 0.356 e. The lowest BCUT2D eigenvalue weighted by Gasteiger charge is -2.10. The summed E-state index contributed by atoms with van der Waals surface area (Å²) in [6.45, 7) is 1.67. The molecular formula is C10H11F3N2OS. The van der Waals surface area contributed by atoms with Gasteiger partial charge in [0.1, 0.15) is 5.03 Å². The minimum Gasteiger partial charge on any atom is -0.356 e. The maximum atomic E-state index is 12.6. The van der Waals surface area contributed by atoms with Gasteiger partial charge in [0.2, 0.25) is 5.91 Å². The molecule has 0 aliphatic rings. The number of carbonyl (C=O) groups excluding carboxylic acids is 1. The number of nitrogens with one attached hydrogen (secondary N) is 1. The largest absolute Gasteiger partial charge is 0.419 e. The highest BCUT2D eigenvalue weighted by molar-refractivity contribution is 7.99. The molecule has 7 heteroatoms. The van der Waals surface area contributed by atoms with Crippen LogP contribution in [-0.2, 0) is 11.0 Å². The number of rotatable bonds is 4. The average Bonchev–Trinajstić information content (AvgIpc) is 2.23. The van der Waals surface area contributed by atoms with Crippen molar-refractivity contribution in [2.75, 3.05) is 12.3 Å². The van der Waals surface area contributed by atoms with Crippen LogP contribution in [0.15, 0.2) is 23.4 Å². The molecule has 0 fully saturated rings. The maximum Gasteiger partial charge on any atom is 0.419 e. The van der Waals surface area contributed by atoms with Crippen molar-refractivity contribution < 1.29 is 18.0 Å². The van der Waals surface area contributed by atoms with Crippen molar-refractivity contribution in [2.45, 2.75) is 18.1 Å². The van der Waals surface area contributed by atoms with Crippen LogP contribution in [0, 0.1) is 0 Å². The summed E-state index contributed by atoms with van der Waals surface area (Å²) in [4.78, 5) is 14.3. The molecule has 1 rings (SSSR count). The molecule has 1 aromatic rings. The number of carbonyl (C=O) groups is 1. The van der Waals surface area contributed by atoms with Gasteiger partial charge in [-0.1, -0.05) is 0 Å². The van der Waals surface area contributed by atoms with Crippen LogP contribution in [0.1, 0.15) is 12.5 Å². The predicted octanol–water partition coefficient (Wildman–Crippen LogP) is 2.33. The van der Waals surface area contributed by atoms with E-state index in [-0.39, 0.29) is 10.9 Å². The molecule has 0 saturated carbocycles. The van der Waals surface area contributed by atoms with Crippen molar-refractivity contribution in [3.8, 4) is 0 Å². The van der Waals surface area contributed by atoms with Gasteiger partial charge in [0.15, 0.2) is 0 Å². The zero-order valence-electron chi connectivity index (χ0n) is 9.04. The summed E-state index contributed by atoms with van der Waals surface area (Å²) in [5.41, 5.74) is -0.743. The van der Waals surface area contributed by atoms with Crippen molar-refractivity contribution in [1.82, 2.24) is 10.3 Å². The highest BCUT2D eigenvalue weighted by atomic mass is 32.2. The van der Waals surface area contributed by atoms with Gasteiger partial charge in [-0.25, -0.2) is 4.98 Å². The summed E-state index contributed by atoms with van der Waals surface area (Å²) in [6, 6.07) is 2.24.